The zero-order valence-corrected chi connectivity index (χ0v) is 25.4. The summed E-state index contributed by atoms with van der Waals surface area (Å²) in [4.78, 5) is 14.4. The second-order valence-electron chi connectivity index (χ2n) is 11.4. The minimum Gasteiger partial charge on any atom is -0.208 e. The maximum absolute atomic E-state index is 13.7. The minimum atomic E-state index is -0.302. The fourth-order valence-corrected chi connectivity index (χ4v) is 6.02. The molecule has 8 aromatic rings. The van der Waals surface area contributed by atoms with Gasteiger partial charge in [0.15, 0.2) is 17.5 Å². The number of rotatable bonds is 6. The van der Waals surface area contributed by atoms with E-state index >= 15 is 0 Å². The van der Waals surface area contributed by atoms with Crippen molar-refractivity contribution in [2.24, 2.45) is 0 Å². The van der Waals surface area contributed by atoms with Crippen LogP contribution in [0.3, 0.4) is 0 Å². The first-order valence-electron chi connectivity index (χ1n) is 15.6. The molecule has 0 radical (unpaired) electrons. The first-order valence-corrected chi connectivity index (χ1v) is 15.6. The lowest BCUT2D eigenvalue weighted by molar-refractivity contribution is 0.628. The summed E-state index contributed by atoms with van der Waals surface area (Å²) < 4.78 is 13.7. The molecule has 0 unspecified atom stereocenters. The third kappa shape index (κ3) is 5.69. The Morgan fingerprint density at radius 2 is 0.596 bits per heavy atom. The van der Waals surface area contributed by atoms with Gasteiger partial charge in [0.05, 0.1) is 0 Å². The molecule has 8 rings (SSSR count). The Morgan fingerprint density at radius 1 is 0.277 bits per heavy atom. The van der Waals surface area contributed by atoms with Crippen LogP contribution >= 0.6 is 0 Å². The molecule has 0 aliphatic carbocycles. The summed E-state index contributed by atoms with van der Waals surface area (Å²) in [5.74, 6) is 1.32. The van der Waals surface area contributed by atoms with Crippen molar-refractivity contribution in [1.82, 2.24) is 15.0 Å². The van der Waals surface area contributed by atoms with Crippen LogP contribution in [0.5, 0.6) is 0 Å². The summed E-state index contributed by atoms with van der Waals surface area (Å²) in [5.41, 5.74) is 9.54. The van der Waals surface area contributed by atoms with Crippen molar-refractivity contribution >= 4 is 10.8 Å². The highest BCUT2D eigenvalue weighted by Gasteiger charge is 2.14. The van der Waals surface area contributed by atoms with E-state index in [1.165, 1.54) is 45.2 Å². The first kappa shape index (κ1) is 28.2. The lowest BCUT2D eigenvalue weighted by Gasteiger charge is -2.13. The molecule has 222 valence electrons. The van der Waals surface area contributed by atoms with Gasteiger partial charge in [-0.05, 0) is 68.4 Å². The van der Waals surface area contributed by atoms with E-state index in [2.05, 4.69) is 109 Å². The molecule has 0 amide bonds. The Bertz CT molecular complexity index is 2320. The predicted molar refractivity (Wildman–Crippen MR) is 190 cm³/mol. The summed E-state index contributed by atoms with van der Waals surface area (Å²) >= 11 is 0. The molecular weight excluding hydrogens is 577 g/mol. The van der Waals surface area contributed by atoms with Crippen LogP contribution in [0.2, 0.25) is 0 Å². The molecule has 47 heavy (non-hydrogen) atoms. The van der Waals surface area contributed by atoms with E-state index in [-0.39, 0.29) is 5.82 Å². The molecule has 0 aliphatic rings. The van der Waals surface area contributed by atoms with Crippen molar-refractivity contribution in [3.63, 3.8) is 0 Å². The zero-order chi connectivity index (χ0) is 31.6. The quantitative estimate of drug-likeness (QED) is 0.189. The van der Waals surface area contributed by atoms with Gasteiger partial charge in [-0.2, -0.15) is 0 Å². The largest absolute Gasteiger partial charge is 0.208 e. The van der Waals surface area contributed by atoms with Crippen LogP contribution in [-0.4, -0.2) is 15.0 Å². The number of fused-ring (bicyclic) bond motifs is 1. The normalized spacial score (nSPS) is 11.1. The summed E-state index contributed by atoms with van der Waals surface area (Å²) in [6.07, 6.45) is 0. The maximum atomic E-state index is 13.7. The highest BCUT2D eigenvalue weighted by Crippen LogP contribution is 2.37. The molecule has 3 nitrogen and oxygen atoms in total. The van der Waals surface area contributed by atoms with Crippen LogP contribution in [0.4, 0.5) is 4.39 Å². The molecule has 0 aliphatic heterocycles. The zero-order valence-electron chi connectivity index (χ0n) is 25.4. The Morgan fingerprint density at radius 3 is 1.06 bits per heavy atom. The van der Waals surface area contributed by atoms with E-state index in [1.54, 1.807) is 12.1 Å². The van der Waals surface area contributed by atoms with Gasteiger partial charge in [0.1, 0.15) is 5.82 Å². The van der Waals surface area contributed by atoms with Crippen molar-refractivity contribution in [2.75, 3.05) is 0 Å². The number of hydrogen-bond donors (Lipinski definition) is 0. The molecule has 0 saturated carbocycles. The summed E-state index contributed by atoms with van der Waals surface area (Å²) in [6, 6.07) is 56.7. The van der Waals surface area contributed by atoms with E-state index < -0.39 is 0 Å². The molecule has 0 fully saturated rings. The van der Waals surface area contributed by atoms with E-state index in [4.69, 9.17) is 15.0 Å². The van der Waals surface area contributed by atoms with Crippen LogP contribution < -0.4 is 0 Å². The SMILES string of the molecule is Fc1ccc(-c2nc(-c3ccccc3)nc(-c3ccc(-c4ccc(-c5ccc(-c6ccccc6)cc5)c5ccccc45)cc3)n2)cc1. The molecular formula is C43H28FN3. The number of halogens is 1. The number of aromatic nitrogens is 3. The Hall–Kier alpha value is -6.26. The van der Waals surface area contributed by atoms with Crippen LogP contribution in [0.25, 0.3) is 78.3 Å². The molecule has 4 heteroatoms. The Balaban J connectivity index is 1.16. The number of nitrogens with zero attached hydrogens (tertiary/aromatic N) is 3. The van der Waals surface area contributed by atoms with Gasteiger partial charge in [-0.25, -0.2) is 19.3 Å². The topological polar surface area (TPSA) is 38.7 Å². The monoisotopic (exact) mass is 605 g/mol. The van der Waals surface area contributed by atoms with Crippen molar-refractivity contribution in [1.29, 1.82) is 0 Å². The van der Waals surface area contributed by atoms with Gasteiger partial charge in [0, 0.05) is 16.7 Å². The van der Waals surface area contributed by atoms with Gasteiger partial charge in [0.25, 0.3) is 0 Å². The molecule has 0 spiro atoms. The summed E-state index contributed by atoms with van der Waals surface area (Å²) in [5, 5.41) is 2.39. The van der Waals surface area contributed by atoms with Gasteiger partial charge in [0.2, 0.25) is 0 Å². The van der Waals surface area contributed by atoms with Crippen molar-refractivity contribution < 1.29 is 4.39 Å². The third-order valence-corrected chi connectivity index (χ3v) is 8.45. The average molecular weight is 606 g/mol. The third-order valence-electron chi connectivity index (χ3n) is 8.45. The molecule has 0 saturated heterocycles. The van der Waals surface area contributed by atoms with Gasteiger partial charge in [-0.3, -0.25) is 0 Å². The first-order chi connectivity index (χ1) is 23.2. The van der Waals surface area contributed by atoms with Gasteiger partial charge >= 0.3 is 0 Å². The van der Waals surface area contributed by atoms with Crippen LogP contribution in [0.1, 0.15) is 0 Å². The van der Waals surface area contributed by atoms with Crippen LogP contribution in [-0.2, 0) is 0 Å². The van der Waals surface area contributed by atoms with Crippen LogP contribution in [0, 0.1) is 5.82 Å². The molecule has 0 atom stereocenters. The fraction of sp³-hybridized carbons (Fsp3) is 0. The fourth-order valence-electron chi connectivity index (χ4n) is 6.02. The lowest BCUT2D eigenvalue weighted by Crippen LogP contribution is -2.00. The van der Waals surface area contributed by atoms with Crippen molar-refractivity contribution in [3.8, 4) is 67.5 Å². The smallest absolute Gasteiger partial charge is 0.164 e. The van der Waals surface area contributed by atoms with E-state index in [1.807, 2.05) is 36.4 Å². The van der Waals surface area contributed by atoms with Crippen molar-refractivity contribution in [2.45, 2.75) is 0 Å². The molecule has 1 aromatic heterocycles. The van der Waals surface area contributed by atoms with E-state index in [0.717, 1.165) is 27.8 Å². The Labute approximate surface area is 272 Å². The van der Waals surface area contributed by atoms with E-state index in [0.29, 0.717) is 17.5 Å². The molecule has 7 aromatic carbocycles. The minimum absolute atomic E-state index is 0.302. The highest BCUT2D eigenvalue weighted by atomic mass is 19.1. The standard InChI is InChI=1S/C43H28FN3/c44-36-25-23-35(24-26-36)43-46-41(33-11-5-2-6-12-33)45-42(47-43)34-21-19-32(20-22-34)38-28-27-37(39-13-7-8-14-40(38)39)31-17-15-30(16-18-31)29-9-3-1-4-10-29/h1-28H. The molecule has 0 bridgehead atoms. The number of hydrogen-bond acceptors (Lipinski definition) is 3. The molecule has 0 N–H and O–H groups in total. The second-order valence-corrected chi connectivity index (χ2v) is 11.4. The molecule has 1 heterocycles. The lowest BCUT2D eigenvalue weighted by atomic mass is 9.91. The van der Waals surface area contributed by atoms with Gasteiger partial charge < -0.3 is 0 Å². The van der Waals surface area contributed by atoms with Crippen molar-refractivity contribution in [3.05, 3.63) is 176 Å². The average Bonchev–Trinajstić information content (AvgIpc) is 3.15. The van der Waals surface area contributed by atoms with Gasteiger partial charge in [-0.15, -0.1) is 0 Å². The highest BCUT2D eigenvalue weighted by molar-refractivity contribution is 6.05. The van der Waals surface area contributed by atoms with E-state index in [9.17, 15) is 4.39 Å². The summed E-state index contributed by atoms with van der Waals surface area (Å²) in [7, 11) is 0. The number of benzene rings is 7. The maximum Gasteiger partial charge on any atom is 0.164 e. The van der Waals surface area contributed by atoms with Gasteiger partial charge in [-0.1, -0.05) is 146 Å². The summed E-state index contributed by atoms with van der Waals surface area (Å²) in [6.45, 7) is 0. The van der Waals surface area contributed by atoms with Crippen LogP contribution in [0.15, 0.2) is 170 Å². The second kappa shape index (κ2) is 12.3. The Kier molecular flexibility index (Phi) is 7.37. The predicted octanol–water partition coefficient (Wildman–Crippen LogP) is 11.2.